The first-order chi connectivity index (χ1) is 4.86. The molecule has 0 spiro atoms. The molecule has 1 rings (SSSR count). The first-order valence-corrected chi connectivity index (χ1v) is 4.34. The summed E-state index contributed by atoms with van der Waals surface area (Å²) < 4.78 is 0. The maximum atomic E-state index is 9.98. The number of nitrogens with two attached hydrogens (primary N) is 1. The van der Waals surface area contributed by atoms with E-state index in [0.29, 0.717) is 0 Å². The average molecular weight is 157 g/mol. The summed E-state index contributed by atoms with van der Waals surface area (Å²) in [6.45, 7) is 6.27. The Morgan fingerprint density at radius 3 is 2.09 bits per heavy atom. The van der Waals surface area contributed by atoms with Crippen molar-refractivity contribution in [3.05, 3.63) is 0 Å². The van der Waals surface area contributed by atoms with Gasteiger partial charge in [0.2, 0.25) is 0 Å². The van der Waals surface area contributed by atoms with Crippen molar-refractivity contribution in [1.82, 2.24) is 0 Å². The van der Waals surface area contributed by atoms with Crippen molar-refractivity contribution < 1.29 is 5.11 Å². The van der Waals surface area contributed by atoms with Gasteiger partial charge in [0.25, 0.3) is 0 Å². The molecule has 3 N–H and O–H groups in total. The third kappa shape index (κ3) is 1.74. The summed E-state index contributed by atoms with van der Waals surface area (Å²) in [6.07, 6.45) is 2.79. The summed E-state index contributed by atoms with van der Waals surface area (Å²) in [7, 11) is 0. The summed E-state index contributed by atoms with van der Waals surface area (Å²) in [5.74, 6) is 0. The SMILES string of the molecule is CC(N)C1(O)CCC(C)(C)C1. The minimum Gasteiger partial charge on any atom is -0.388 e. The van der Waals surface area contributed by atoms with Crippen LogP contribution in [-0.4, -0.2) is 16.7 Å². The van der Waals surface area contributed by atoms with E-state index in [1.54, 1.807) is 0 Å². The van der Waals surface area contributed by atoms with Crippen molar-refractivity contribution in [1.29, 1.82) is 0 Å². The summed E-state index contributed by atoms with van der Waals surface area (Å²) in [5.41, 5.74) is 5.39. The van der Waals surface area contributed by atoms with Crippen LogP contribution in [0.4, 0.5) is 0 Å². The van der Waals surface area contributed by atoms with Gasteiger partial charge in [0.05, 0.1) is 5.60 Å². The zero-order chi connectivity index (χ0) is 8.70. The van der Waals surface area contributed by atoms with E-state index < -0.39 is 5.60 Å². The maximum Gasteiger partial charge on any atom is 0.0800 e. The van der Waals surface area contributed by atoms with E-state index in [1.165, 1.54) is 0 Å². The molecule has 0 bridgehead atoms. The molecular formula is C9H19NO. The monoisotopic (exact) mass is 157 g/mol. The standard InChI is InChI=1S/C9H19NO/c1-7(10)9(11)5-4-8(2,3)6-9/h7,11H,4-6,10H2,1-3H3. The second-order valence-electron chi connectivity index (χ2n) is 4.73. The molecule has 2 unspecified atom stereocenters. The molecule has 0 aliphatic heterocycles. The summed E-state index contributed by atoms with van der Waals surface area (Å²) in [5, 5.41) is 9.98. The lowest BCUT2D eigenvalue weighted by molar-refractivity contribution is 0.0172. The normalized spacial score (nSPS) is 39.0. The fraction of sp³-hybridized carbons (Fsp3) is 1.00. The zero-order valence-corrected chi connectivity index (χ0v) is 7.72. The molecule has 0 aromatic heterocycles. The van der Waals surface area contributed by atoms with Gasteiger partial charge in [0.15, 0.2) is 0 Å². The molecule has 0 radical (unpaired) electrons. The third-order valence-corrected chi connectivity index (χ3v) is 2.87. The largest absolute Gasteiger partial charge is 0.388 e. The quantitative estimate of drug-likeness (QED) is 0.602. The Morgan fingerprint density at radius 1 is 1.36 bits per heavy atom. The predicted molar refractivity (Wildman–Crippen MR) is 46.2 cm³/mol. The van der Waals surface area contributed by atoms with Gasteiger partial charge in [0.1, 0.15) is 0 Å². The van der Waals surface area contributed by atoms with Crippen LogP contribution in [0, 0.1) is 5.41 Å². The van der Waals surface area contributed by atoms with Crippen molar-refractivity contribution in [3.63, 3.8) is 0 Å². The summed E-state index contributed by atoms with van der Waals surface area (Å²) in [6, 6.07) is -0.0933. The second kappa shape index (κ2) is 2.46. The van der Waals surface area contributed by atoms with Crippen molar-refractivity contribution in [2.45, 2.75) is 51.7 Å². The highest BCUT2D eigenvalue weighted by Crippen LogP contribution is 2.44. The second-order valence-corrected chi connectivity index (χ2v) is 4.73. The fourth-order valence-corrected chi connectivity index (χ4v) is 1.95. The highest BCUT2D eigenvalue weighted by Gasteiger charge is 2.43. The van der Waals surface area contributed by atoms with Crippen molar-refractivity contribution in [2.24, 2.45) is 11.1 Å². The Kier molecular flexibility index (Phi) is 2.01. The smallest absolute Gasteiger partial charge is 0.0800 e. The first kappa shape index (κ1) is 9.01. The molecule has 11 heavy (non-hydrogen) atoms. The van der Waals surface area contributed by atoms with E-state index >= 15 is 0 Å². The molecular weight excluding hydrogens is 138 g/mol. The minimum atomic E-state index is -0.594. The lowest BCUT2D eigenvalue weighted by Crippen LogP contribution is -2.44. The summed E-state index contributed by atoms with van der Waals surface area (Å²) >= 11 is 0. The molecule has 1 aliphatic rings. The van der Waals surface area contributed by atoms with Crippen LogP contribution in [0.1, 0.15) is 40.0 Å². The van der Waals surface area contributed by atoms with Gasteiger partial charge in [-0.2, -0.15) is 0 Å². The van der Waals surface area contributed by atoms with Crippen LogP contribution in [0.25, 0.3) is 0 Å². The highest BCUT2D eigenvalue weighted by atomic mass is 16.3. The molecule has 0 aromatic carbocycles. The Labute approximate surface area is 68.8 Å². The first-order valence-electron chi connectivity index (χ1n) is 4.34. The molecule has 2 heteroatoms. The lowest BCUT2D eigenvalue weighted by atomic mass is 9.87. The number of aliphatic hydroxyl groups is 1. The lowest BCUT2D eigenvalue weighted by Gasteiger charge is -2.28. The van der Waals surface area contributed by atoms with Crippen LogP contribution in [0.5, 0.6) is 0 Å². The van der Waals surface area contributed by atoms with Crippen LogP contribution < -0.4 is 5.73 Å². The van der Waals surface area contributed by atoms with Gasteiger partial charge in [-0.3, -0.25) is 0 Å². The number of hydrogen-bond donors (Lipinski definition) is 2. The Balaban J connectivity index is 2.65. The molecule has 0 aromatic rings. The van der Waals surface area contributed by atoms with Gasteiger partial charge in [-0.15, -0.1) is 0 Å². The van der Waals surface area contributed by atoms with Crippen molar-refractivity contribution in [3.8, 4) is 0 Å². The molecule has 0 saturated heterocycles. The molecule has 1 aliphatic carbocycles. The van der Waals surface area contributed by atoms with Gasteiger partial charge in [-0.05, 0) is 31.6 Å². The Morgan fingerprint density at radius 2 is 1.91 bits per heavy atom. The number of hydrogen-bond acceptors (Lipinski definition) is 2. The van der Waals surface area contributed by atoms with E-state index in [1.807, 2.05) is 6.92 Å². The molecule has 1 saturated carbocycles. The van der Waals surface area contributed by atoms with Gasteiger partial charge in [-0.1, -0.05) is 13.8 Å². The van der Waals surface area contributed by atoms with Crippen LogP contribution in [0.3, 0.4) is 0 Å². The third-order valence-electron chi connectivity index (χ3n) is 2.87. The molecule has 2 atom stereocenters. The predicted octanol–water partition coefficient (Wildman–Crippen LogP) is 1.27. The van der Waals surface area contributed by atoms with Crippen LogP contribution in [-0.2, 0) is 0 Å². The summed E-state index contributed by atoms with van der Waals surface area (Å²) in [4.78, 5) is 0. The topological polar surface area (TPSA) is 46.2 Å². The van der Waals surface area contributed by atoms with Gasteiger partial charge < -0.3 is 10.8 Å². The highest BCUT2D eigenvalue weighted by molar-refractivity contribution is 4.98. The average Bonchev–Trinajstić information content (AvgIpc) is 2.08. The van der Waals surface area contributed by atoms with Gasteiger partial charge >= 0.3 is 0 Å². The molecule has 2 nitrogen and oxygen atoms in total. The van der Waals surface area contributed by atoms with Crippen molar-refractivity contribution >= 4 is 0 Å². The van der Waals surface area contributed by atoms with Gasteiger partial charge in [-0.25, -0.2) is 0 Å². The Bertz CT molecular complexity index is 154. The molecule has 66 valence electrons. The van der Waals surface area contributed by atoms with Gasteiger partial charge in [0, 0.05) is 6.04 Å². The number of rotatable bonds is 1. The molecule has 1 fully saturated rings. The van der Waals surface area contributed by atoms with Crippen LogP contribution in [0.15, 0.2) is 0 Å². The Hall–Kier alpha value is -0.0800. The fourth-order valence-electron chi connectivity index (χ4n) is 1.95. The van der Waals surface area contributed by atoms with E-state index in [4.69, 9.17) is 5.73 Å². The maximum absolute atomic E-state index is 9.98. The molecule has 0 heterocycles. The van der Waals surface area contributed by atoms with E-state index in [0.717, 1.165) is 19.3 Å². The molecule has 0 amide bonds. The van der Waals surface area contributed by atoms with Crippen LogP contribution in [0.2, 0.25) is 0 Å². The van der Waals surface area contributed by atoms with Crippen LogP contribution >= 0.6 is 0 Å². The zero-order valence-electron chi connectivity index (χ0n) is 7.72. The van der Waals surface area contributed by atoms with Crippen molar-refractivity contribution in [2.75, 3.05) is 0 Å². The van der Waals surface area contributed by atoms with E-state index in [-0.39, 0.29) is 11.5 Å². The minimum absolute atomic E-state index is 0.0933. The van der Waals surface area contributed by atoms with E-state index in [2.05, 4.69) is 13.8 Å². The van der Waals surface area contributed by atoms with E-state index in [9.17, 15) is 5.11 Å².